The third-order valence-electron chi connectivity index (χ3n) is 2.54. The molecule has 4 nitrogen and oxygen atoms in total. The van der Waals surface area contributed by atoms with Crippen LogP contribution in [0.15, 0.2) is 18.2 Å². The summed E-state index contributed by atoms with van der Waals surface area (Å²) >= 11 is 5.85. The van der Waals surface area contributed by atoms with Crippen LogP contribution in [0.5, 0.6) is 0 Å². The number of hydrogen-bond acceptors (Lipinski definition) is 4. The first-order valence-electron chi connectivity index (χ1n) is 5.52. The van der Waals surface area contributed by atoms with E-state index >= 15 is 0 Å². The third kappa shape index (κ3) is 3.38. The molecule has 1 rings (SSSR count). The van der Waals surface area contributed by atoms with E-state index in [0.717, 1.165) is 0 Å². The van der Waals surface area contributed by atoms with E-state index in [9.17, 15) is 4.79 Å². The van der Waals surface area contributed by atoms with Crippen molar-refractivity contribution in [3.63, 3.8) is 0 Å². The van der Waals surface area contributed by atoms with E-state index in [-0.39, 0.29) is 18.6 Å². The Morgan fingerprint density at radius 2 is 2.22 bits per heavy atom. The lowest BCUT2D eigenvalue weighted by Crippen LogP contribution is -2.36. The molecule has 0 atom stereocenters. The summed E-state index contributed by atoms with van der Waals surface area (Å²) in [6, 6.07) is 7.18. The molecular weight excluding hydrogens is 252 g/mol. The lowest BCUT2D eigenvalue weighted by molar-refractivity contribution is -0.139. The van der Waals surface area contributed by atoms with E-state index in [4.69, 9.17) is 16.9 Å². The molecule has 0 saturated heterocycles. The van der Waals surface area contributed by atoms with E-state index in [1.807, 2.05) is 13.8 Å². The van der Waals surface area contributed by atoms with Crippen LogP contribution < -0.4 is 4.90 Å². The number of halogens is 1. The van der Waals surface area contributed by atoms with Gasteiger partial charge in [-0.05, 0) is 32.0 Å². The number of ether oxygens (including phenoxy) is 1. The highest BCUT2D eigenvalue weighted by Crippen LogP contribution is 2.25. The summed E-state index contributed by atoms with van der Waals surface area (Å²) in [5.41, 5.74) is 1.13. The summed E-state index contributed by atoms with van der Waals surface area (Å²) in [5, 5.41) is 9.61. The van der Waals surface area contributed by atoms with Gasteiger partial charge in [0.2, 0.25) is 0 Å². The number of nitrogens with zero attached hydrogens (tertiary/aromatic N) is 2. The summed E-state index contributed by atoms with van der Waals surface area (Å²) in [7, 11) is 1.34. The minimum Gasteiger partial charge on any atom is -0.468 e. The summed E-state index contributed by atoms with van der Waals surface area (Å²) in [6.45, 7) is 3.99. The fraction of sp³-hybridized carbons (Fsp3) is 0.385. The second-order valence-corrected chi connectivity index (χ2v) is 4.51. The second-order valence-electron chi connectivity index (χ2n) is 4.07. The molecule has 0 amide bonds. The Hall–Kier alpha value is -1.73. The number of hydrogen-bond donors (Lipinski definition) is 0. The van der Waals surface area contributed by atoms with Crippen LogP contribution in [0.25, 0.3) is 0 Å². The molecule has 0 saturated carbocycles. The minimum absolute atomic E-state index is 0.0670. The SMILES string of the molecule is COC(=O)CN(c1ccc(Cl)cc1C#N)C(C)C. The van der Waals surface area contributed by atoms with Gasteiger partial charge in [0.25, 0.3) is 0 Å². The molecule has 18 heavy (non-hydrogen) atoms. The summed E-state index contributed by atoms with van der Waals surface area (Å²) in [5.74, 6) is -0.345. The number of esters is 1. The van der Waals surface area contributed by atoms with Gasteiger partial charge in [-0.1, -0.05) is 11.6 Å². The van der Waals surface area contributed by atoms with Gasteiger partial charge in [-0.15, -0.1) is 0 Å². The van der Waals surface area contributed by atoms with E-state index in [2.05, 4.69) is 10.8 Å². The van der Waals surface area contributed by atoms with Crippen molar-refractivity contribution < 1.29 is 9.53 Å². The molecule has 0 aliphatic rings. The molecule has 0 radical (unpaired) electrons. The van der Waals surface area contributed by atoms with Crippen molar-refractivity contribution in [1.29, 1.82) is 5.26 Å². The average Bonchev–Trinajstić information content (AvgIpc) is 2.35. The van der Waals surface area contributed by atoms with Gasteiger partial charge in [-0.25, -0.2) is 0 Å². The van der Waals surface area contributed by atoms with Crippen LogP contribution in [0.4, 0.5) is 5.69 Å². The van der Waals surface area contributed by atoms with Gasteiger partial charge < -0.3 is 9.64 Å². The lowest BCUT2D eigenvalue weighted by Gasteiger charge is -2.28. The lowest BCUT2D eigenvalue weighted by atomic mass is 10.1. The molecule has 0 aliphatic carbocycles. The molecule has 96 valence electrons. The Kier molecular flexibility index (Phi) is 4.99. The third-order valence-corrected chi connectivity index (χ3v) is 2.77. The van der Waals surface area contributed by atoms with Crippen LogP contribution in [0, 0.1) is 11.3 Å². The molecule has 5 heteroatoms. The molecule has 0 unspecified atom stereocenters. The number of nitriles is 1. The molecule has 0 heterocycles. The van der Waals surface area contributed by atoms with Crippen molar-refractivity contribution in [3.8, 4) is 6.07 Å². The first-order valence-corrected chi connectivity index (χ1v) is 5.90. The van der Waals surface area contributed by atoms with Gasteiger partial charge in [-0.2, -0.15) is 5.26 Å². The molecule has 0 aromatic heterocycles. The first kappa shape index (κ1) is 14.3. The van der Waals surface area contributed by atoms with Crippen molar-refractivity contribution in [1.82, 2.24) is 0 Å². The Morgan fingerprint density at radius 3 is 2.72 bits per heavy atom. The van der Waals surface area contributed by atoms with E-state index in [1.165, 1.54) is 7.11 Å². The smallest absolute Gasteiger partial charge is 0.325 e. The van der Waals surface area contributed by atoms with Gasteiger partial charge in [-0.3, -0.25) is 4.79 Å². The molecular formula is C13H15ClN2O2. The monoisotopic (exact) mass is 266 g/mol. The van der Waals surface area contributed by atoms with E-state index in [0.29, 0.717) is 16.3 Å². The number of anilines is 1. The Labute approximate surface area is 112 Å². The Balaban J connectivity index is 3.14. The standard InChI is InChI=1S/C13H15ClN2O2/c1-9(2)16(8-13(17)18-3)12-5-4-11(14)6-10(12)7-15/h4-6,9H,8H2,1-3H3. The van der Waals surface area contributed by atoms with Crippen LogP contribution >= 0.6 is 11.6 Å². The van der Waals surface area contributed by atoms with Crippen molar-refractivity contribution in [3.05, 3.63) is 28.8 Å². The highest BCUT2D eigenvalue weighted by molar-refractivity contribution is 6.30. The fourth-order valence-electron chi connectivity index (χ4n) is 1.60. The van der Waals surface area contributed by atoms with Crippen molar-refractivity contribution >= 4 is 23.3 Å². The fourth-order valence-corrected chi connectivity index (χ4v) is 1.77. The first-order chi connectivity index (χ1) is 8.49. The van der Waals surface area contributed by atoms with Gasteiger partial charge in [0.05, 0.1) is 18.4 Å². The molecule has 0 fully saturated rings. The highest BCUT2D eigenvalue weighted by atomic mass is 35.5. The van der Waals surface area contributed by atoms with Gasteiger partial charge >= 0.3 is 5.97 Å². The van der Waals surface area contributed by atoms with E-state index < -0.39 is 0 Å². The van der Waals surface area contributed by atoms with Crippen LogP contribution in [-0.2, 0) is 9.53 Å². The summed E-state index contributed by atoms with van der Waals surface area (Å²) < 4.78 is 4.66. The predicted molar refractivity (Wildman–Crippen MR) is 70.7 cm³/mol. The maximum atomic E-state index is 11.4. The Bertz CT molecular complexity index is 480. The number of benzene rings is 1. The minimum atomic E-state index is -0.345. The molecule has 0 bridgehead atoms. The molecule has 0 aliphatic heterocycles. The quantitative estimate of drug-likeness (QED) is 0.786. The zero-order chi connectivity index (χ0) is 13.7. The van der Waals surface area contributed by atoms with Crippen molar-refractivity contribution in [2.45, 2.75) is 19.9 Å². The number of methoxy groups -OCH3 is 1. The van der Waals surface area contributed by atoms with Gasteiger partial charge in [0, 0.05) is 11.1 Å². The number of rotatable bonds is 4. The zero-order valence-electron chi connectivity index (χ0n) is 10.6. The second kappa shape index (κ2) is 6.27. The topological polar surface area (TPSA) is 53.3 Å². The van der Waals surface area contributed by atoms with Crippen molar-refractivity contribution in [2.75, 3.05) is 18.6 Å². The maximum Gasteiger partial charge on any atom is 0.325 e. The predicted octanol–water partition coefficient (Wildman–Crippen LogP) is 2.60. The molecule has 1 aromatic rings. The number of carbonyl (C=O) groups excluding carboxylic acids is 1. The largest absolute Gasteiger partial charge is 0.468 e. The van der Waals surface area contributed by atoms with Crippen LogP contribution in [0.3, 0.4) is 0 Å². The summed E-state index contributed by atoms with van der Waals surface area (Å²) in [6.07, 6.45) is 0. The van der Waals surface area contributed by atoms with Crippen LogP contribution in [0.2, 0.25) is 5.02 Å². The molecule has 0 spiro atoms. The van der Waals surface area contributed by atoms with Gasteiger partial charge in [0.1, 0.15) is 12.6 Å². The average molecular weight is 267 g/mol. The van der Waals surface area contributed by atoms with Gasteiger partial charge in [0.15, 0.2) is 0 Å². The van der Waals surface area contributed by atoms with Crippen molar-refractivity contribution in [2.24, 2.45) is 0 Å². The zero-order valence-corrected chi connectivity index (χ0v) is 11.4. The maximum absolute atomic E-state index is 11.4. The summed E-state index contributed by atoms with van der Waals surface area (Å²) in [4.78, 5) is 13.2. The number of carbonyl (C=O) groups is 1. The molecule has 0 N–H and O–H groups in total. The normalized spacial score (nSPS) is 10.0. The van der Waals surface area contributed by atoms with Crippen LogP contribution in [0.1, 0.15) is 19.4 Å². The van der Waals surface area contributed by atoms with Crippen LogP contribution in [-0.4, -0.2) is 25.7 Å². The van der Waals surface area contributed by atoms with E-state index in [1.54, 1.807) is 23.1 Å². The highest BCUT2D eigenvalue weighted by Gasteiger charge is 2.18. The Morgan fingerprint density at radius 1 is 1.56 bits per heavy atom. The molecule has 1 aromatic carbocycles.